The van der Waals surface area contributed by atoms with Gasteiger partial charge in [-0.1, -0.05) is 49.4 Å². The van der Waals surface area contributed by atoms with Gasteiger partial charge in [-0.25, -0.2) is 4.68 Å². The zero-order valence-corrected chi connectivity index (χ0v) is 13.8. The molecule has 1 aliphatic rings. The van der Waals surface area contributed by atoms with Crippen LogP contribution < -0.4 is 5.56 Å². The minimum absolute atomic E-state index is 0.197. The standard InChI is InChI=1S/C20H16N4O/c1-2-16-17-19(25)21-18-15-11-7-6-8-13(15)12-23(18)20(17)24(22-16)14-9-4-3-5-10-14/h3-11H,2,12H2,1H3. The number of para-hydroxylation sites is 1. The van der Waals surface area contributed by atoms with Crippen LogP contribution in [0.2, 0.25) is 0 Å². The topological polar surface area (TPSA) is 52.7 Å². The number of rotatable bonds is 2. The third-order valence-corrected chi connectivity index (χ3v) is 4.79. The Hall–Kier alpha value is -3.21. The quantitative estimate of drug-likeness (QED) is 0.500. The van der Waals surface area contributed by atoms with Crippen LogP contribution in [0.4, 0.5) is 0 Å². The van der Waals surface area contributed by atoms with Crippen molar-refractivity contribution in [3.8, 4) is 17.1 Å². The molecule has 25 heavy (non-hydrogen) atoms. The van der Waals surface area contributed by atoms with Gasteiger partial charge in [-0.3, -0.25) is 4.79 Å². The molecule has 0 N–H and O–H groups in total. The monoisotopic (exact) mass is 328 g/mol. The molecule has 3 heterocycles. The second-order valence-corrected chi connectivity index (χ2v) is 6.23. The molecule has 5 heteroatoms. The smallest absolute Gasteiger partial charge is 0.284 e. The Labute approximate surface area is 144 Å². The van der Waals surface area contributed by atoms with E-state index >= 15 is 0 Å². The average Bonchev–Trinajstić information content (AvgIpc) is 3.21. The van der Waals surface area contributed by atoms with E-state index in [2.05, 4.69) is 15.6 Å². The normalized spacial score (nSPS) is 12.4. The fourth-order valence-corrected chi connectivity index (χ4v) is 3.63. The van der Waals surface area contributed by atoms with Crippen LogP contribution in [-0.2, 0) is 13.0 Å². The summed E-state index contributed by atoms with van der Waals surface area (Å²) in [4.78, 5) is 17.2. The summed E-state index contributed by atoms with van der Waals surface area (Å²) in [6, 6.07) is 18.1. The van der Waals surface area contributed by atoms with Gasteiger partial charge in [0.25, 0.3) is 5.56 Å². The van der Waals surface area contributed by atoms with Gasteiger partial charge in [-0.15, -0.1) is 0 Å². The number of fused-ring (bicyclic) bond motifs is 5. The summed E-state index contributed by atoms with van der Waals surface area (Å²) >= 11 is 0. The van der Waals surface area contributed by atoms with E-state index in [-0.39, 0.29) is 5.56 Å². The molecule has 5 nitrogen and oxygen atoms in total. The number of nitrogens with zero attached hydrogens (tertiary/aromatic N) is 4. The highest BCUT2D eigenvalue weighted by Gasteiger charge is 2.26. The molecule has 0 fully saturated rings. The first-order valence-corrected chi connectivity index (χ1v) is 8.44. The Bertz CT molecular complexity index is 1170. The Morgan fingerprint density at radius 1 is 1.04 bits per heavy atom. The molecule has 2 aromatic heterocycles. The lowest BCUT2D eigenvalue weighted by Crippen LogP contribution is -2.15. The predicted octanol–water partition coefficient (Wildman–Crippen LogP) is 3.17. The van der Waals surface area contributed by atoms with Crippen molar-refractivity contribution < 1.29 is 0 Å². The second-order valence-electron chi connectivity index (χ2n) is 6.23. The lowest BCUT2D eigenvalue weighted by atomic mass is 10.1. The van der Waals surface area contributed by atoms with E-state index in [1.54, 1.807) is 0 Å². The zero-order chi connectivity index (χ0) is 17.0. The molecule has 5 rings (SSSR count). The molecule has 0 spiro atoms. The summed E-state index contributed by atoms with van der Waals surface area (Å²) in [6.07, 6.45) is 0.694. The van der Waals surface area contributed by atoms with Crippen LogP contribution in [0.5, 0.6) is 0 Å². The van der Waals surface area contributed by atoms with E-state index in [0.29, 0.717) is 18.4 Å². The fourth-order valence-electron chi connectivity index (χ4n) is 3.63. The summed E-state index contributed by atoms with van der Waals surface area (Å²) in [5.74, 6) is 0.729. The highest BCUT2D eigenvalue weighted by Crippen LogP contribution is 2.33. The van der Waals surface area contributed by atoms with Crippen LogP contribution in [-0.4, -0.2) is 19.3 Å². The Morgan fingerprint density at radius 2 is 1.80 bits per heavy atom. The summed E-state index contributed by atoms with van der Waals surface area (Å²) in [5, 5.41) is 5.36. The zero-order valence-electron chi connectivity index (χ0n) is 13.8. The van der Waals surface area contributed by atoms with Crippen molar-refractivity contribution in [3.63, 3.8) is 0 Å². The molecule has 0 unspecified atom stereocenters. The molecular formula is C20H16N4O. The number of benzene rings is 2. The van der Waals surface area contributed by atoms with Crippen molar-refractivity contribution in [2.24, 2.45) is 0 Å². The lowest BCUT2D eigenvalue weighted by Gasteiger charge is -2.09. The maximum Gasteiger partial charge on any atom is 0.284 e. The first-order chi connectivity index (χ1) is 12.3. The van der Waals surface area contributed by atoms with E-state index in [0.717, 1.165) is 28.4 Å². The first kappa shape index (κ1) is 14.2. The third-order valence-electron chi connectivity index (χ3n) is 4.79. The van der Waals surface area contributed by atoms with E-state index in [9.17, 15) is 4.79 Å². The molecule has 0 bridgehead atoms. The van der Waals surface area contributed by atoms with Crippen LogP contribution in [0, 0.1) is 0 Å². The van der Waals surface area contributed by atoms with Crippen LogP contribution in [0.1, 0.15) is 18.2 Å². The number of hydrogen-bond acceptors (Lipinski definition) is 3. The van der Waals surface area contributed by atoms with Crippen LogP contribution in [0.15, 0.2) is 59.4 Å². The minimum atomic E-state index is -0.197. The van der Waals surface area contributed by atoms with Crippen molar-refractivity contribution in [2.45, 2.75) is 19.9 Å². The summed E-state index contributed by atoms with van der Waals surface area (Å²) in [5.41, 5.74) is 4.58. The highest BCUT2D eigenvalue weighted by atomic mass is 16.1. The minimum Gasteiger partial charge on any atom is -0.305 e. The second kappa shape index (κ2) is 5.14. The molecule has 1 aliphatic heterocycles. The Balaban J connectivity index is 1.92. The molecule has 0 saturated heterocycles. The summed E-state index contributed by atoms with van der Waals surface area (Å²) in [6.45, 7) is 2.72. The van der Waals surface area contributed by atoms with Crippen molar-refractivity contribution in [1.29, 1.82) is 0 Å². The molecule has 122 valence electrons. The van der Waals surface area contributed by atoms with Gasteiger partial charge in [-0.05, 0) is 24.1 Å². The van der Waals surface area contributed by atoms with Crippen molar-refractivity contribution in [3.05, 3.63) is 76.2 Å². The van der Waals surface area contributed by atoms with Crippen LogP contribution >= 0.6 is 0 Å². The molecular weight excluding hydrogens is 312 g/mol. The lowest BCUT2D eigenvalue weighted by molar-refractivity contribution is 0.786. The Morgan fingerprint density at radius 3 is 2.60 bits per heavy atom. The molecule has 0 atom stereocenters. The third kappa shape index (κ3) is 1.92. The highest BCUT2D eigenvalue weighted by molar-refractivity contribution is 5.83. The maximum atomic E-state index is 12.8. The molecule has 0 amide bonds. The van der Waals surface area contributed by atoms with Crippen molar-refractivity contribution >= 4 is 11.0 Å². The average molecular weight is 328 g/mol. The molecule has 0 aliphatic carbocycles. The fraction of sp³-hybridized carbons (Fsp3) is 0.150. The number of aryl methyl sites for hydroxylation is 1. The van der Waals surface area contributed by atoms with E-state index in [4.69, 9.17) is 5.10 Å². The van der Waals surface area contributed by atoms with E-state index in [1.165, 1.54) is 5.56 Å². The van der Waals surface area contributed by atoms with Gasteiger partial charge in [-0.2, -0.15) is 10.1 Å². The number of aromatic nitrogens is 4. The van der Waals surface area contributed by atoms with Crippen LogP contribution in [0.25, 0.3) is 28.1 Å². The largest absolute Gasteiger partial charge is 0.305 e. The summed E-state index contributed by atoms with van der Waals surface area (Å²) in [7, 11) is 0. The maximum absolute atomic E-state index is 12.8. The Kier molecular flexibility index (Phi) is 2.91. The van der Waals surface area contributed by atoms with Gasteiger partial charge < -0.3 is 4.57 Å². The predicted molar refractivity (Wildman–Crippen MR) is 97.0 cm³/mol. The molecule has 2 aromatic carbocycles. The SMILES string of the molecule is CCc1nn(-c2ccccc2)c2c1c(=O)nc1n2Cc2ccccc2-1. The van der Waals surface area contributed by atoms with Gasteiger partial charge in [0.15, 0.2) is 5.65 Å². The van der Waals surface area contributed by atoms with Gasteiger partial charge in [0.2, 0.25) is 0 Å². The van der Waals surface area contributed by atoms with Crippen molar-refractivity contribution in [2.75, 3.05) is 0 Å². The van der Waals surface area contributed by atoms with Gasteiger partial charge in [0.1, 0.15) is 11.2 Å². The van der Waals surface area contributed by atoms with E-state index < -0.39 is 0 Å². The summed E-state index contributed by atoms with van der Waals surface area (Å²) < 4.78 is 3.99. The van der Waals surface area contributed by atoms with Gasteiger partial charge in [0, 0.05) is 5.56 Å². The van der Waals surface area contributed by atoms with Gasteiger partial charge >= 0.3 is 0 Å². The van der Waals surface area contributed by atoms with E-state index in [1.807, 2.05) is 60.1 Å². The molecule has 0 saturated carbocycles. The molecule has 0 radical (unpaired) electrons. The van der Waals surface area contributed by atoms with Crippen LogP contribution in [0.3, 0.4) is 0 Å². The number of hydrogen-bond donors (Lipinski definition) is 0. The van der Waals surface area contributed by atoms with Crippen molar-refractivity contribution in [1.82, 2.24) is 19.3 Å². The van der Waals surface area contributed by atoms with Gasteiger partial charge in [0.05, 0.1) is 17.9 Å². The first-order valence-electron chi connectivity index (χ1n) is 8.44. The molecule has 4 aromatic rings.